The van der Waals surface area contributed by atoms with Gasteiger partial charge in [-0.15, -0.1) is 11.3 Å². The van der Waals surface area contributed by atoms with E-state index in [2.05, 4.69) is 15.3 Å². The Kier molecular flexibility index (Phi) is 5.07. The molecule has 0 fully saturated rings. The second-order valence-electron chi connectivity index (χ2n) is 4.16. The summed E-state index contributed by atoms with van der Waals surface area (Å²) in [5.41, 5.74) is 0. The van der Waals surface area contributed by atoms with Crippen molar-refractivity contribution in [2.24, 2.45) is 0 Å². The van der Waals surface area contributed by atoms with E-state index in [1.165, 1.54) is 0 Å². The molecule has 1 N–H and O–H groups in total. The molecule has 2 aromatic rings. The first-order valence-corrected chi connectivity index (χ1v) is 7.23. The minimum Gasteiger partial charge on any atom is -0.379 e. The normalized spacial score (nSPS) is 12.8. The Labute approximate surface area is 117 Å². The number of nitrogens with one attached hydrogen (secondary N) is 1. The van der Waals surface area contributed by atoms with Gasteiger partial charge < -0.3 is 14.8 Å². The number of aromatic nitrogens is 2. The topological polar surface area (TPSA) is 56.3 Å². The molecule has 0 spiro atoms. The maximum absolute atomic E-state index is 5.68. The van der Waals surface area contributed by atoms with E-state index < -0.39 is 0 Å². The minimum atomic E-state index is 0.0422. The fraction of sp³-hybridized carbons (Fsp3) is 0.538. The van der Waals surface area contributed by atoms with E-state index in [1.54, 1.807) is 11.3 Å². The molecule has 2 rings (SSSR count). The molecule has 6 heteroatoms. The Morgan fingerprint density at radius 1 is 1.42 bits per heavy atom. The van der Waals surface area contributed by atoms with Crippen molar-refractivity contribution >= 4 is 27.4 Å². The van der Waals surface area contributed by atoms with E-state index in [-0.39, 0.29) is 6.10 Å². The summed E-state index contributed by atoms with van der Waals surface area (Å²) in [6, 6.07) is 2.02. The Hall–Kier alpha value is -1.24. The first-order chi connectivity index (χ1) is 9.24. The zero-order valence-electron chi connectivity index (χ0n) is 11.5. The Balaban J connectivity index is 2.04. The van der Waals surface area contributed by atoms with Crippen molar-refractivity contribution in [3.8, 4) is 0 Å². The summed E-state index contributed by atoms with van der Waals surface area (Å²) in [5.74, 6) is 1.55. The maximum Gasteiger partial charge on any atom is 0.158 e. The van der Waals surface area contributed by atoms with Gasteiger partial charge in [-0.25, -0.2) is 9.97 Å². The molecule has 19 heavy (non-hydrogen) atoms. The highest BCUT2D eigenvalue weighted by Gasteiger charge is 2.09. The third-order valence-corrected chi connectivity index (χ3v) is 3.47. The Morgan fingerprint density at radius 3 is 3.00 bits per heavy atom. The van der Waals surface area contributed by atoms with Gasteiger partial charge in [0.05, 0.1) is 18.1 Å². The first-order valence-electron chi connectivity index (χ1n) is 6.35. The van der Waals surface area contributed by atoms with E-state index in [0.717, 1.165) is 16.0 Å². The largest absolute Gasteiger partial charge is 0.379 e. The lowest BCUT2D eigenvalue weighted by molar-refractivity contribution is -0.0138. The average Bonchev–Trinajstić information content (AvgIpc) is 2.90. The Morgan fingerprint density at radius 2 is 2.26 bits per heavy atom. The van der Waals surface area contributed by atoms with Crippen LogP contribution in [0.2, 0.25) is 0 Å². The molecule has 104 valence electrons. The van der Waals surface area contributed by atoms with Crippen LogP contribution in [0.25, 0.3) is 10.2 Å². The summed E-state index contributed by atoms with van der Waals surface area (Å²) in [6.07, 6.45) is 0.0422. The lowest BCUT2D eigenvalue weighted by Gasteiger charge is -2.12. The summed E-state index contributed by atoms with van der Waals surface area (Å²) < 4.78 is 11.0. The number of ether oxygens (including phenoxy) is 2. The number of thiophene rings is 1. The summed E-state index contributed by atoms with van der Waals surface area (Å²) >= 11 is 1.61. The fourth-order valence-corrected chi connectivity index (χ4v) is 2.49. The number of hydrogen-bond donors (Lipinski definition) is 1. The molecule has 0 radical (unpaired) electrons. The number of fused-ring (bicyclic) bond motifs is 1. The van der Waals surface area contributed by atoms with Gasteiger partial charge in [0.2, 0.25) is 0 Å². The summed E-state index contributed by atoms with van der Waals surface area (Å²) in [4.78, 5) is 9.94. The number of rotatable bonds is 7. The van der Waals surface area contributed by atoms with Gasteiger partial charge in [0, 0.05) is 13.7 Å². The fourth-order valence-electron chi connectivity index (χ4n) is 1.70. The van der Waals surface area contributed by atoms with Crippen molar-refractivity contribution in [1.82, 2.24) is 9.97 Å². The summed E-state index contributed by atoms with van der Waals surface area (Å²) in [7, 11) is 1.86. The standard InChI is InChI=1S/C13H19N3O2S/c1-4-17-7-9(2)18-8-11-15-12(14-3)10-5-6-19-13(10)16-11/h5-6,9H,4,7-8H2,1-3H3,(H,14,15,16). The molecule has 2 heterocycles. The zero-order valence-corrected chi connectivity index (χ0v) is 12.3. The van der Waals surface area contributed by atoms with Crippen LogP contribution in [-0.2, 0) is 16.1 Å². The highest BCUT2D eigenvalue weighted by atomic mass is 32.1. The van der Waals surface area contributed by atoms with Crippen LogP contribution in [0.15, 0.2) is 11.4 Å². The van der Waals surface area contributed by atoms with Gasteiger partial charge in [0.25, 0.3) is 0 Å². The predicted molar refractivity (Wildman–Crippen MR) is 77.7 cm³/mol. The molecule has 0 aliphatic rings. The minimum absolute atomic E-state index is 0.0422. The molecule has 1 atom stereocenters. The molecule has 2 aromatic heterocycles. The van der Waals surface area contributed by atoms with Crippen molar-refractivity contribution in [1.29, 1.82) is 0 Å². The van der Waals surface area contributed by atoms with Crippen LogP contribution < -0.4 is 5.32 Å². The molecule has 0 aliphatic heterocycles. The number of nitrogens with zero attached hydrogens (tertiary/aromatic N) is 2. The van der Waals surface area contributed by atoms with E-state index >= 15 is 0 Å². The van der Waals surface area contributed by atoms with Gasteiger partial charge in [-0.2, -0.15) is 0 Å². The van der Waals surface area contributed by atoms with E-state index in [4.69, 9.17) is 9.47 Å². The van der Waals surface area contributed by atoms with Gasteiger partial charge in [0.1, 0.15) is 17.3 Å². The highest BCUT2D eigenvalue weighted by Crippen LogP contribution is 2.24. The molecule has 0 bridgehead atoms. The highest BCUT2D eigenvalue weighted by molar-refractivity contribution is 7.16. The van der Waals surface area contributed by atoms with Crippen LogP contribution in [-0.4, -0.2) is 36.3 Å². The predicted octanol–water partition coefficient (Wildman–Crippen LogP) is 2.67. The van der Waals surface area contributed by atoms with Crippen molar-refractivity contribution in [2.75, 3.05) is 25.6 Å². The van der Waals surface area contributed by atoms with Crippen LogP contribution in [0.1, 0.15) is 19.7 Å². The number of anilines is 1. The molecule has 0 saturated heterocycles. The maximum atomic E-state index is 5.68. The van der Waals surface area contributed by atoms with Crippen LogP contribution in [0.4, 0.5) is 5.82 Å². The second-order valence-corrected chi connectivity index (χ2v) is 5.05. The monoisotopic (exact) mass is 281 g/mol. The lowest BCUT2D eigenvalue weighted by atomic mass is 10.3. The van der Waals surface area contributed by atoms with E-state index in [9.17, 15) is 0 Å². The summed E-state index contributed by atoms with van der Waals surface area (Å²) in [5, 5.41) is 6.16. The van der Waals surface area contributed by atoms with Crippen molar-refractivity contribution in [2.45, 2.75) is 26.6 Å². The molecular weight excluding hydrogens is 262 g/mol. The van der Waals surface area contributed by atoms with Crippen LogP contribution in [0, 0.1) is 0 Å². The molecular formula is C13H19N3O2S. The van der Waals surface area contributed by atoms with Gasteiger partial charge in [0.15, 0.2) is 5.82 Å². The zero-order chi connectivity index (χ0) is 13.7. The van der Waals surface area contributed by atoms with Gasteiger partial charge in [-0.05, 0) is 25.3 Å². The second kappa shape index (κ2) is 6.79. The smallest absolute Gasteiger partial charge is 0.158 e. The molecule has 0 aliphatic carbocycles. The third-order valence-electron chi connectivity index (χ3n) is 2.66. The van der Waals surface area contributed by atoms with Gasteiger partial charge >= 0.3 is 0 Å². The SMILES string of the molecule is CCOCC(C)OCc1nc(NC)c2ccsc2n1. The van der Waals surface area contributed by atoms with Crippen molar-refractivity contribution in [3.05, 3.63) is 17.3 Å². The molecule has 0 saturated carbocycles. The molecule has 0 aromatic carbocycles. The molecule has 1 unspecified atom stereocenters. The van der Waals surface area contributed by atoms with Crippen molar-refractivity contribution in [3.63, 3.8) is 0 Å². The average molecular weight is 281 g/mol. The van der Waals surface area contributed by atoms with Crippen LogP contribution in [0.5, 0.6) is 0 Å². The van der Waals surface area contributed by atoms with Gasteiger partial charge in [-0.1, -0.05) is 0 Å². The van der Waals surface area contributed by atoms with Crippen molar-refractivity contribution < 1.29 is 9.47 Å². The van der Waals surface area contributed by atoms with Crippen LogP contribution >= 0.6 is 11.3 Å². The van der Waals surface area contributed by atoms with Crippen LogP contribution in [0.3, 0.4) is 0 Å². The lowest BCUT2D eigenvalue weighted by Crippen LogP contribution is -2.16. The molecule has 5 nitrogen and oxygen atoms in total. The summed E-state index contributed by atoms with van der Waals surface area (Å²) in [6.45, 7) is 5.65. The van der Waals surface area contributed by atoms with E-state index in [0.29, 0.717) is 25.6 Å². The van der Waals surface area contributed by atoms with E-state index in [1.807, 2.05) is 32.3 Å². The Bertz CT molecular complexity index is 530. The first kappa shape index (κ1) is 14.2. The third kappa shape index (κ3) is 3.62. The number of hydrogen-bond acceptors (Lipinski definition) is 6. The molecule has 0 amide bonds. The van der Waals surface area contributed by atoms with Gasteiger partial charge in [-0.3, -0.25) is 0 Å². The quantitative estimate of drug-likeness (QED) is 0.845.